The largest absolute Gasteiger partial charge is 0.493 e. The summed E-state index contributed by atoms with van der Waals surface area (Å²) in [6.45, 7) is 0.174. The maximum atomic E-state index is 12.0. The highest BCUT2D eigenvalue weighted by atomic mass is 16.5. The van der Waals surface area contributed by atoms with Crippen molar-refractivity contribution in [3.63, 3.8) is 0 Å². The molecule has 0 saturated heterocycles. The molecule has 1 unspecified atom stereocenters. The van der Waals surface area contributed by atoms with Crippen LogP contribution in [0.25, 0.3) is 6.08 Å². The van der Waals surface area contributed by atoms with Crippen molar-refractivity contribution < 1.29 is 24.1 Å². The minimum absolute atomic E-state index is 0.174. The molecule has 0 aliphatic heterocycles. The lowest BCUT2D eigenvalue weighted by molar-refractivity contribution is -0.116. The van der Waals surface area contributed by atoms with Gasteiger partial charge in [0.1, 0.15) is 0 Å². The van der Waals surface area contributed by atoms with Crippen molar-refractivity contribution in [3.05, 3.63) is 59.7 Å². The number of methoxy groups -OCH3 is 3. The Morgan fingerprint density at radius 1 is 1.07 bits per heavy atom. The lowest BCUT2D eigenvalue weighted by Gasteiger charge is -2.13. The van der Waals surface area contributed by atoms with Gasteiger partial charge in [-0.3, -0.25) is 4.79 Å². The third kappa shape index (κ3) is 6.04. The normalized spacial score (nSPS) is 11.9. The molecular formula is C21H25NO5. The fourth-order valence-electron chi connectivity index (χ4n) is 2.61. The summed E-state index contributed by atoms with van der Waals surface area (Å²) in [5, 5.41) is 12.7. The van der Waals surface area contributed by atoms with Crippen LogP contribution in [0.1, 0.15) is 11.1 Å². The third-order valence-electron chi connectivity index (χ3n) is 3.94. The smallest absolute Gasteiger partial charge is 0.244 e. The van der Waals surface area contributed by atoms with Gasteiger partial charge in [-0.05, 0) is 29.3 Å². The predicted octanol–water partition coefficient (Wildman–Crippen LogP) is 2.45. The van der Waals surface area contributed by atoms with Crippen LogP contribution in [-0.2, 0) is 11.2 Å². The lowest BCUT2D eigenvalue weighted by Crippen LogP contribution is -2.32. The van der Waals surface area contributed by atoms with Crippen molar-refractivity contribution in [2.45, 2.75) is 12.5 Å². The molecule has 27 heavy (non-hydrogen) atoms. The summed E-state index contributed by atoms with van der Waals surface area (Å²) in [6.07, 6.45) is 2.88. The van der Waals surface area contributed by atoms with Crippen LogP contribution in [0.4, 0.5) is 0 Å². The van der Waals surface area contributed by atoms with Crippen molar-refractivity contribution in [2.75, 3.05) is 27.9 Å². The van der Waals surface area contributed by atoms with E-state index in [9.17, 15) is 9.90 Å². The van der Waals surface area contributed by atoms with Gasteiger partial charge in [-0.15, -0.1) is 0 Å². The Hall–Kier alpha value is -2.99. The van der Waals surface area contributed by atoms with E-state index in [2.05, 4.69) is 5.32 Å². The Kier molecular flexibility index (Phi) is 7.70. The fourth-order valence-corrected chi connectivity index (χ4v) is 2.61. The maximum absolute atomic E-state index is 12.0. The molecule has 2 aromatic rings. The minimum Gasteiger partial charge on any atom is -0.493 e. The lowest BCUT2D eigenvalue weighted by atomic mass is 10.1. The second-order valence-corrected chi connectivity index (χ2v) is 5.88. The first-order valence-electron chi connectivity index (χ1n) is 8.55. The van der Waals surface area contributed by atoms with Crippen LogP contribution in [0.3, 0.4) is 0 Å². The van der Waals surface area contributed by atoms with E-state index in [-0.39, 0.29) is 12.5 Å². The minimum atomic E-state index is -0.647. The average Bonchev–Trinajstić information content (AvgIpc) is 2.70. The summed E-state index contributed by atoms with van der Waals surface area (Å²) < 4.78 is 15.8. The molecule has 0 fully saturated rings. The first kappa shape index (κ1) is 20.3. The molecule has 0 saturated carbocycles. The van der Waals surface area contributed by atoms with Crippen LogP contribution < -0.4 is 19.5 Å². The number of aliphatic hydroxyl groups is 1. The summed E-state index contributed by atoms with van der Waals surface area (Å²) >= 11 is 0. The van der Waals surface area contributed by atoms with Gasteiger partial charge < -0.3 is 24.6 Å². The number of carbonyl (C=O) groups excluding carboxylic acids is 1. The van der Waals surface area contributed by atoms with Gasteiger partial charge in [-0.2, -0.15) is 0 Å². The molecule has 2 rings (SSSR count). The molecule has 1 amide bonds. The molecule has 0 aliphatic rings. The molecule has 6 nitrogen and oxygen atoms in total. The summed E-state index contributed by atoms with van der Waals surface area (Å²) in [5.74, 6) is 1.21. The topological polar surface area (TPSA) is 77.0 Å². The van der Waals surface area contributed by atoms with Gasteiger partial charge in [-0.1, -0.05) is 30.3 Å². The molecule has 6 heteroatoms. The molecule has 2 N–H and O–H groups in total. The summed E-state index contributed by atoms with van der Waals surface area (Å²) in [5.41, 5.74) is 1.75. The number of rotatable bonds is 9. The Bertz CT molecular complexity index is 748. The van der Waals surface area contributed by atoms with E-state index >= 15 is 0 Å². The Morgan fingerprint density at radius 3 is 2.26 bits per heavy atom. The predicted molar refractivity (Wildman–Crippen MR) is 104 cm³/mol. The number of hydrogen-bond acceptors (Lipinski definition) is 5. The van der Waals surface area contributed by atoms with Crippen LogP contribution in [0.2, 0.25) is 0 Å². The highest BCUT2D eigenvalue weighted by molar-refractivity contribution is 5.91. The second-order valence-electron chi connectivity index (χ2n) is 5.88. The number of benzene rings is 2. The van der Waals surface area contributed by atoms with Gasteiger partial charge in [0.25, 0.3) is 0 Å². The number of carbonyl (C=O) groups is 1. The van der Waals surface area contributed by atoms with Crippen molar-refractivity contribution in [1.82, 2.24) is 5.32 Å². The van der Waals surface area contributed by atoms with Crippen LogP contribution >= 0.6 is 0 Å². The monoisotopic (exact) mass is 371 g/mol. The zero-order chi connectivity index (χ0) is 19.6. The molecule has 0 radical (unpaired) electrons. The van der Waals surface area contributed by atoms with Gasteiger partial charge in [0.2, 0.25) is 11.7 Å². The van der Waals surface area contributed by atoms with Crippen molar-refractivity contribution >= 4 is 12.0 Å². The molecule has 0 aromatic heterocycles. The standard InChI is InChI=1S/C21H25NO5/c1-25-18-12-16(13-19(26-2)21(18)27-3)9-10-20(24)22-14-17(23)11-15-7-5-4-6-8-15/h4-10,12-13,17,23H,11,14H2,1-3H3,(H,22,24)/b10-9+. The van der Waals surface area contributed by atoms with E-state index in [1.165, 1.54) is 27.4 Å². The number of aliphatic hydroxyl groups excluding tert-OH is 1. The summed E-state index contributed by atoms with van der Waals surface area (Å²) in [7, 11) is 4.60. The Morgan fingerprint density at radius 2 is 1.70 bits per heavy atom. The second kappa shape index (κ2) is 10.2. The number of nitrogens with one attached hydrogen (secondary N) is 1. The number of ether oxygens (including phenoxy) is 3. The van der Waals surface area contributed by atoms with E-state index in [1.807, 2.05) is 30.3 Å². The molecule has 0 aliphatic carbocycles. The Labute approximate surface area is 159 Å². The van der Waals surface area contributed by atoms with E-state index in [4.69, 9.17) is 14.2 Å². The van der Waals surface area contributed by atoms with Crippen LogP contribution in [0.15, 0.2) is 48.5 Å². The van der Waals surface area contributed by atoms with Crippen molar-refractivity contribution in [3.8, 4) is 17.2 Å². The number of amides is 1. The molecule has 0 heterocycles. The highest BCUT2D eigenvalue weighted by Gasteiger charge is 2.12. The first-order valence-corrected chi connectivity index (χ1v) is 8.55. The van der Waals surface area contributed by atoms with Crippen LogP contribution in [-0.4, -0.2) is 45.0 Å². The summed E-state index contributed by atoms with van der Waals surface area (Å²) in [6, 6.07) is 13.1. The molecule has 1 atom stereocenters. The van der Waals surface area contributed by atoms with Gasteiger partial charge in [-0.25, -0.2) is 0 Å². The van der Waals surface area contributed by atoms with Crippen molar-refractivity contribution in [1.29, 1.82) is 0 Å². The van der Waals surface area contributed by atoms with E-state index < -0.39 is 6.10 Å². The van der Waals surface area contributed by atoms with Gasteiger partial charge >= 0.3 is 0 Å². The third-order valence-corrected chi connectivity index (χ3v) is 3.94. The highest BCUT2D eigenvalue weighted by Crippen LogP contribution is 2.38. The number of hydrogen-bond donors (Lipinski definition) is 2. The Balaban J connectivity index is 1.94. The maximum Gasteiger partial charge on any atom is 0.244 e. The molecule has 2 aromatic carbocycles. The fraction of sp³-hybridized carbons (Fsp3) is 0.286. The van der Waals surface area contributed by atoms with E-state index in [0.29, 0.717) is 23.7 Å². The SMILES string of the molecule is COc1cc(/C=C/C(=O)NCC(O)Cc2ccccc2)cc(OC)c1OC. The van der Waals surface area contributed by atoms with Gasteiger partial charge in [0, 0.05) is 19.0 Å². The van der Waals surface area contributed by atoms with E-state index in [0.717, 1.165) is 11.1 Å². The average molecular weight is 371 g/mol. The molecule has 144 valence electrons. The molecule has 0 spiro atoms. The quantitative estimate of drug-likeness (QED) is 0.662. The summed E-state index contributed by atoms with van der Waals surface area (Å²) in [4.78, 5) is 12.0. The van der Waals surface area contributed by atoms with Gasteiger partial charge in [0.15, 0.2) is 11.5 Å². The zero-order valence-corrected chi connectivity index (χ0v) is 15.8. The van der Waals surface area contributed by atoms with Crippen LogP contribution in [0, 0.1) is 0 Å². The molecular weight excluding hydrogens is 346 g/mol. The van der Waals surface area contributed by atoms with Gasteiger partial charge in [0.05, 0.1) is 27.4 Å². The van der Waals surface area contributed by atoms with E-state index in [1.54, 1.807) is 18.2 Å². The van der Waals surface area contributed by atoms with Crippen molar-refractivity contribution in [2.24, 2.45) is 0 Å². The zero-order valence-electron chi connectivity index (χ0n) is 15.8. The first-order chi connectivity index (χ1) is 13.1. The van der Waals surface area contributed by atoms with Crippen LogP contribution in [0.5, 0.6) is 17.2 Å². The molecule has 0 bridgehead atoms.